The fraction of sp³-hybridized carbons (Fsp3) is 0.579. The van der Waals surface area contributed by atoms with Crippen LogP contribution < -0.4 is 4.90 Å². The molecule has 6 nitrogen and oxygen atoms in total. The third-order valence-electron chi connectivity index (χ3n) is 5.30. The largest absolute Gasteiger partial charge is 0.338 e. The van der Waals surface area contributed by atoms with E-state index in [9.17, 15) is 18.0 Å². The van der Waals surface area contributed by atoms with Gasteiger partial charge in [0, 0.05) is 35.7 Å². The first-order valence-corrected chi connectivity index (χ1v) is 12.0. The SMILES string of the molecule is CCCCN(C(=O)C1CC(=O)N(c2ccc(Br)cc2)C1)C1CCS(=O)(=O)C1. The summed E-state index contributed by atoms with van der Waals surface area (Å²) in [6.07, 6.45) is 2.43. The van der Waals surface area contributed by atoms with Crippen LogP contribution in [0.1, 0.15) is 32.6 Å². The lowest BCUT2D eigenvalue weighted by Gasteiger charge is -2.30. The maximum absolute atomic E-state index is 13.2. The molecule has 0 aliphatic carbocycles. The number of hydrogen-bond donors (Lipinski definition) is 0. The van der Waals surface area contributed by atoms with Crippen LogP contribution in [-0.2, 0) is 19.4 Å². The van der Waals surface area contributed by atoms with Crippen LogP contribution in [0.5, 0.6) is 0 Å². The van der Waals surface area contributed by atoms with Crippen molar-refractivity contribution < 1.29 is 18.0 Å². The Morgan fingerprint density at radius 2 is 2.00 bits per heavy atom. The molecule has 2 saturated heterocycles. The van der Waals surface area contributed by atoms with E-state index < -0.39 is 15.8 Å². The topological polar surface area (TPSA) is 74.8 Å². The van der Waals surface area contributed by atoms with Gasteiger partial charge in [0.05, 0.1) is 17.4 Å². The Morgan fingerprint density at radius 1 is 1.30 bits per heavy atom. The summed E-state index contributed by atoms with van der Waals surface area (Å²) in [5.74, 6) is -0.383. The second-order valence-corrected chi connectivity index (χ2v) is 10.5. The summed E-state index contributed by atoms with van der Waals surface area (Å²) in [5.41, 5.74) is 0.780. The first-order chi connectivity index (χ1) is 12.8. The highest BCUT2D eigenvalue weighted by molar-refractivity contribution is 9.10. The number of hydrogen-bond acceptors (Lipinski definition) is 4. The molecule has 0 N–H and O–H groups in total. The monoisotopic (exact) mass is 456 g/mol. The Labute approximate surface area is 168 Å². The Bertz CT molecular complexity index is 810. The van der Waals surface area contributed by atoms with E-state index in [4.69, 9.17) is 0 Å². The van der Waals surface area contributed by atoms with Crippen molar-refractivity contribution in [2.75, 3.05) is 29.5 Å². The maximum Gasteiger partial charge on any atom is 0.228 e. The average molecular weight is 457 g/mol. The molecule has 2 atom stereocenters. The summed E-state index contributed by atoms with van der Waals surface area (Å²) in [6, 6.07) is 7.19. The van der Waals surface area contributed by atoms with E-state index in [-0.39, 0.29) is 35.8 Å². The highest BCUT2D eigenvalue weighted by atomic mass is 79.9. The van der Waals surface area contributed by atoms with Gasteiger partial charge >= 0.3 is 0 Å². The molecule has 2 fully saturated rings. The van der Waals surface area contributed by atoms with Crippen LogP contribution in [0, 0.1) is 5.92 Å². The van der Waals surface area contributed by atoms with E-state index in [0.717, 1.165) is 23.0 Å². The number of sulfone groups is 1. The Balaban J connectivity index is 1.74. The van der Waals surface area contributed by atoms with Gasteiger partial charge < -0.3 is 9.80 Å². The molecule has 0 bridgehead atoms. The second-order valence-electron chi connectivity index (χ2n) is 7.32. The van der Waals surface area contributed by atoms with Gasteiger partial charge in [0.1, 0.15) is 0 Å². The molecule has 0 saturated carbocycles. The summed E-state index contributed by atoms with van der Waals surface area (Å²) in [6.45, 7) is 2.95. The highest BCUT2D eigenvalue weighted by Crippen LogP contribution is 2.29. The van der Waals surface area contributed by atoms with Gasteiger partial charge in [0.25, 0.3) is 0 Å². The fourth-order valence-electron chi connectivity index (χ4n) is 3.80. The van der Waals surface area contributed by atoms with Crippen molar-refractivity contribution in [3.05, 3.63) is 28.7 Å². The van der Waals surface area contributed by atoms with Gasteiger partial charge in [-0.2, -0.15) is 0 Å². The molecule has 1 aromatic rings. The molecule has 0 spiro atoms. The first-order valence-electron chi connectivity index (χ1n) is 9.37. The van der Waals surface area contributed by atoms with E-state index in [1.807, 2.05) is 31.2 Å². The number of nitrogens with zero attached hydrogens (tertiary/aromatic N) is 2. The predicted octanol–water partition coefficient (Wildman–Crippen LogP) is 2.62. The van der Waals surface area contributed by atoms with Gasteiger partial charge in [0.2, 0.25) is 11.8 Å². The molecule has 2 unspecified atom stereocenters. The Morgan fingerprint density at radius 3 is 2.59 bits per heavy atom. The number of halogens is 1. The number of benzene rings is 1. The summed E-state index contributed by atoms with van der Waals surface area (Å²) in [7, 11) is -3.07. The first kappa shape index (κ1) is 20.3. The molecule has 3 rings (SSSR count). The van der Waals surface area contributed by atoms with Crippen LogP contribution in [0.4, 0.5) is 5.69 Å². The van der Waals surface area contributed by atoms with Crippen LogP contribution in [0.15, 0.2) is 28.7 Å². The van der Waals surface area contributed by atoms with Crippen molar-refractivity contribution >= 4 is 43.3 Å². The number of anilines is 1. The van der Waals surface area contributed by atoms with E-state index in [2.05, 4.69) is 15.9 Å². The van der Waals surface area contributed by atoms with Crippen LogP contribution in [0.3, 0.4) is 0 Å². The average Bonchev–Trinajstić information content (AvgIpc) is 3.18. The number of unbranched alkanes of at least 4 members (excludes halogenated alkanes) is 1. The van der Waals surface area contributed by atoms with Gasteiger partial charge in [-0.25, -0.2) is 8.42 Å². The van der Waals surface area contributed by atoms with Crippen molar-refractivity contribution in [3.63, 3.8) is 0 Å². The molecule has 148 valence electrons. The number of rotatable bonds is 6. The smallest absolute Gasteiger partial charge is 0.228 e. The Hall–Kier alpha value is -1.41. The van der Waals surface area contributed by atoms with Gasteiger partial charge in [-0.3, -0.25) is 9.59 Å². The third kappa shape index (κ3) is 4.71. The number of carbonyl (C=O) groups excluding carboxylic acids is 2. The normalized spacial score (nSPS) is 24.4. The van der Waals surface area contributed by atoms with Crippen LogP contribution in [0.25, 0.3) is 0 Å². The van der Waals surface area contributed by atoms with Gasteiger partial charge in [-0.1, -0.05) is 29.3 Å². The van der Waals surface area contributed by atoms with Crippen molar-refractivity contribution in [2.45, 2.75) is 38.6 Å². The molecule has 2 aliphatic heterocycles. The molecule has 8 heteroatoms. The summed E-state index contributed by atoms with van der Waals surface area (Å²) in [5, 5.41) is 0. The predicted molar refractivity (Wildman–Crippen MR) is 108 cm³/mol. The van der Waals surface area contributed by atoms with Crippen LogP contribution >= 0.6 is 15.9 Å². The zero-order chi connectivity index (χ0) is 19.6. The molecule has 2 amide bonds. The van der Waals surface area contributed by atoms with Crippen molar-refractivity contribution in [3.8, 4) is 0 Å². The Kier molecular flexibility index (Phi) is 6.25. The zero-order valence-electron chi connectivity index (χ0n) is 15.4. The fourth-order valence-corrected chi connectivity index (χ4v) is 5.80. The van der Waals surface area contributed by atoms with Crippen LogP contribution in [-0.4, -0.2) is 55.8 Å². The molecule has 27 heavy (non-hydrogen) atoms. The van der Waals surface area contributed by atoms with Crippen LogP contribution in [0.2, 0.25) is 0 Å². The van der Waals surface area contributed by atoms with Crippen molar-refractivity contribution in [1.82, 2.24) is 4.90 Å². The highest BCUT2D eigenvalue weighted by Gasteiger charge is 2.41. The van der Waals surface area contributed by atoms with Gasteiger partial charge in [-0.15, -0.1) is 0 Å². The molecule has 0 radical (unpaired) electrons. The molecular formula is C19H25BrN2O4S. The molecule has 2 heterocycles. The lowest BCUT2D eigenvalue weighted by Crippen LogP contribution is -2.45. The molecule has 1 aromatic carbocycles. The molecule has 2 aliphatic rings. The lowest BCUT2D eigenvalue weighted by atomic mass is 10.0. The second kappa shape index (κ2) is 8.31. The van der Waals surface area contributed by atoms with E-state index >= 15 is 0 Å². The van der Waals surface area contributed by atoms with Crippen molar-refractivity contribution in [2.24, 2.45) is 5.92 Å². The quantitative estimate of drug-likeness (QED) is 0.659. The maximum atomic E-state index is 13.2. The van der Waals surface area contributed by atoms with E-state index in [0.29, 0.717) is 19.5 Å². The summed E-state index contributed by atoms with van der Waals surface area (Å²) < 4.78 is 24.7. The van der Waals surface area contributed by atoms with Gasteiger partial charge in [-0.05, 0) is 37.1 Å². The third-order valence-corrected chi connectivity index (χ3v) is 7.58. The minimum atomic E-state index is -3.07. The summed E-state index contributed by atoms with van der Waals surface area (Å²) >= 11 is 3.38. The van der Waals surface area contributed by atoms with Gasteiger partial charge in [0.15, 0.2) is 9.84 Å². The zero-order valence-corrected chi connectivity index (χ0v) is 17.8. The molecule has 0 aromatic heterocycles. The van der Waals surface area contributed by atoms with Crippen molar-refractivity contribution in [1.29, 1.82) is 0 Å². The minimum Gasteiger partial charge on any atom is -0.338 e. The number of carbonyl (C=O) groups is 2. The minimum absolute atomic E-state index is 0.0412. The standard InChI is InChI=1S/C19H25BrN2O4S/c1-2-3-9-21(17-8-10-27(25,26)13-17)19(24)14-11-18(23)22(12-14)16-6-4-15(20)5-7-16/h4-7,14,17H,2-3,8-13H2,1H3. The number of amides is 2. The summed E-state index contributed by atoms with van der Waals surface area (Å²) in [4.78, 5) is 29.0. The van der Waals surface area contributed by atoms with E-state index in [1.54, 1.807) is 9.80 Å². The van der Waals surface area contributed by atoms with E-state index in [1.165, 1.54) is 0 Å². The molecular weight excluding hydrogens is 432 g/mol. The lowest BCUT2D eigenvalue weighted by molar-refractivity contribution is -0.137.